The lowest BCUT2D eigenvalue weighted by atomic mass is 9.98. The average Bonchev–Trinajstić information content (AvgIpc) is 3.16. The van der Waals surface area contributed by atoms with Gasteiger partial charge in [-0.2, -0.15) is 0 Å². The molecule has 0 aromatic heterocycles. The normalized spacial score (nSPS) is 29.2. The van der Waals surface area contributed by atoms with Crippen LogP contribution in [0.15, 0.2) is 0 Å². The molecule has 318 valence electrons. The van der Waals surface area contributed by atoms with E-state index >= 15 is 0 Å². The Balaban J connectivity index is 1.89. The van der Waals surface area contributed by atoms with Gasteiger partial charge in [0.15, 0.2) is 18.7 Å². The summed E-state index contributed by atoms with van der Waals surface area (Å²) in [6, 6.07) is 0. The summed E-state index contributed by atoms with van der Waals surface area (Å²) in [6.45, 7) is 2.50. The van der Waals surface area contributed by atoms with Gasteiger partial charge in [-0.3, -0.25) is 9.59 Å². The topological polar surface area (TPSA) is 231 Å². The van der Waals surface area contributed by atoms with E-state index in [4.69, 9.17) is 28.4 Å². The van der Waals surface area contributed by atoms with Crippen LogP contribution in [0.1, 0.15) is 142 Å². The van der Waals surface area contributed by atoms with E-state index in [0.29, 0.717) is 12.8 Å². The standard InChI is InChI=1S/C39H72O15/c1-3-5-7-9-11-12-13-14-16-18-20-22-31(42)52-27(24-49-30(41)21-19-17-15-10-8-6-4-2)25-50-38-37(48)35(46)33(44)29(54-38)26-51-39-36(47)34(45)32(43)28(23-40)53-39/h27-29,32-40,43-48H,3-26H2,1-2H3/t27-,28-,29-,32+,33+,34+,35+,36-,37-,38-,39+/m1/s1. The first-order valence-corrected chi connectivity index (χ1v) is 20.6. The van der Waals surface area contributed by atoms with Gasteiger partial charge in [-0.1, -0.05) is 117 Å². The molecule has 0 radical (unpaired) electrons. The third kappa shape index (κ3) is 18.6. The fourth-order valence-corrected chi connectivity index (χ4v) is 6.57. The molecule has 0 bridgehead atoms. The molecule has 15 heteroatoms. The number of aliphatic hydroxyl groups is 7. The van der Waals surface area contributed by atoms with Gasteiger partial charge in [0.05, 0.1) is 19.8 Å². The van der Waals surface area contributed by atoms with Crippen LogP contribution in [0.2, 0.25) is 0 Å². The Morgan fingerprint density at radius 1 is 0.519 bits per heavy atom. The summed E-state index contributed by atoms with van der Waals surface area (Å²) < 4.78 is 33.3. The fourth-order valence-electron chi connectivity index (χ4n) is 6.57. The number of hydrogen-bond donors (Lipinski definition) is 7. The molecule has 0 unspecified atom stereocenters. The number of carbonyl (C=O) groups is 2. The molecular formula is C39H72O15. The fraction of sp³-hybridized carbons (Fsp3) is 0.949. The Hall–Kier alpha value is -1.50. The first-order chi connectivity index (χ1) is 26.0. The first kappa shape index (κ1) is 48.6. The van der Waals surface area contributed by atoms with Crippen molar-refractivity contribution >= 4 is 11.9 Å². The highest BCUT2D eigenvalue weighted by atomic mass is 16.7. The molecule has 54 heavy (non-hydrogen) atoms. The predicted octanol–water partition coefficient (Wildman–Crippen LogP) is 2.92. The van der Waals surface area contributed by atoms with Gasteiger partial charge in [-0.05, 0) is 12.8 Å². The molecule has 2 saturated heterocycles. The van der Waals surface area contributed by atoms with E-state index in [2.05, 4.69) is 13.8 Å². The predicted molar refractivity (Wildman–Crippen MR) is 197 cm³/mol. The minimum absolute atomic E-state index is 0.171. The van der Waals surface area contributed by atoms with Crippen molar-refractivity contribution < 1.29 is 73.8 Å². The molecular weight excluding hydrogens is 708 g/mol. The van der Waals surface area contributed by atoms with Gasteiger partial charge >= 0.3 is 11.9 Å². The Morgan fingerprint density at radius 2 is 0.944 bits per heavy atom. The Bertz CT molecular complexity index is 970. The maximum atomic E-state index is 12.8. The second-order valence-corrected chi connectivity index (χ2v) is 14.8. The molecule has 11 atom stereocenters. The molecule has 0 amide bonds. The lowest BCUT2D eigenvalue weighted by Gasteiger charge is -2.42. The van der Waals surface area contributed by atoms with Gasteiger partial charge < -0.3 is 64.2 Å². The van der Waals surface area contributed by atoms with Crippen LogP contribution in [-0.4, -0.2) is 142 Å². The summed E-state index contributed by atoms with van der Waals surface area (Å²) in [5, 5.41) is 71.5. The van der Waals surface area contributed by atoms with Gasteiger partial charge in [0.25, 0.3) is 0 Å². The Morgan fingerprint density at radius 3 is 1.44 bits per heavy atom. The maximum absolute atomic E-state index is 12.8. The third-order valence-corrected chi connectivity index (χ3v) is 10.1. The number of unbranched alkanes of at least 4 members (excludes halogenated alkanes) is 16. The van der Waals surface area contributed by atoms with Crippen molar-refractivity contribution in [1.29, 1.82) is 0 Å². The van der Waals surface area contributed by atoms with Crippen molar-refractivity contribution in [3.05, 3.63) is 0 Å². The van der Waals surface area contributed by atoms with Crippen LogP contribution < -0.4 is 0 Å². The van der Waals surface area contributed by atoms with Crippen molar-refractivity contribution in [2.75, 3.05) is 26.4 Å². The highest BCUT2D eigenvalue weighted by Gasteiger charge is 2.47. The molecule has 7 N–H and O–H groups in total. The van der Waals surface area contributed by atoms with Crippen LogP contribution in [0.25, 0.3) is 0 Å². The van der Waals surface area contributed by atoms with Crippen LogP contribution in [0.4, 0.5) is 0 Å². The first-order valence-electron chi connectivity index (χ1n) is 20.6. The molecule has 15 nitrogen and oxygen atoms in total. The smallest absolute Gasteiger partial charge is 0.306 e. The number of rotatable bonds is 30. The quantitative estimate of drug-likeness (QED) is 0.0411. The Labute approximate surface area is 321 Å². The summed E-state index contributed by atoms with van der Waals surface area (Å²) in [4.78, 5) is 25.3. The van der Waals surface area contributed by atoms with Gasteiger partial charge in [0.2, 0.25) is 0 Å². The van der Waals surface area contributed by atoms with Gasteiger partial charge in [-0.25, -0.2) is 0 Å². The molecule has 0 spiro atoms. The summed E-state index contributed by atoms with van der Waals surface area (Å²) in [5.41, 5.74) is 0. The second kappa shape index (κ2) is 28.8. The molecule has 2 heterocycles. The molecule has 2 aliphatic rings. The van der Waals surface area contributed by atoms with E-state index in [1.54, 1.807) is 0 Å². The molecule has 0 aromatic carbocycles. The van der Waals surface area contributed by atoms with E-state index in [0.717, 1.165) is 44.9 Å². The van der Waals surface area contributed by atoms with Crippen molar-refractivity contribution in [2.24, 2.45) is 0 Å². The SMILES string of the molecule is CCCCCCCCCCCCCC(=O)O[C@H](COC(=O)CCCCCCCCC)CO[C@@H]1O[C@H](CO[C@H]2O[C@H](CO)[C@H](O)[C@H](O)[C@H]2O)[C@H](O)[C@H](O)[C@H]1O. The van der Waals surface area contributed by atoms with Crippen LogP contribution in [0, 0.1) is 0 Å². The minimum Gasteiger partial charge on any atom is -0.462 e. The molecule has 2 aliphatic heterocycles. The van der Waals surface area contributed by atoms with Gasteiger partial charge in [0, 0.05) is 12.8 Å². The van der Waals surface area contributed by atoms with Crippen LogP contribution in [0.5, 0.6) is 0 Å². The zero-order valence-electron chi connectivity index (χ0n) is 32.7. The van der Waals surface area contributed by atoms with Crippen LogP contribution in [-0.2, 0) is 38.0 Å². The highest BCUT2D eigenvalue weighted by molar-refractivity contribution is 5.70. The van der Waals surface area contributed by atoms with Crippen molar-refractivity contribution in [3.63, 3.8) is 0 Å². The minimum atomic E-state index is -1.76. The molecule has 0 aliphatic carbocycles. The Kier molecular flexibility index (Phi) is 26.0. The number of carbonyl (C=O) groups excluding carboxylic acids is 2. The zero-order valence-corrected chi connectivity index (χ0v) is 32.7. The number of esters is 2. The number of aliphatic hydroxyl groups excluding tert-OH is 7. The molecule has 2 rings (SSSR count). The third-order valence-electron chi connectivity index (χ3n) is 10.1. The summed E-state index contributed by atoms with van der Waals surface area (Å²) >= 11 is 0. The molecule has 0 saturated carbocycles. The van der Waals surface area contributed by atoms with Gasteiger partial charge in [-0.15, -0.1) is 0 Å². The second-order valence-electron chi connectivity index (χ2n) is 14.8. The van der Waals surface area contributed by atoms with E-state index in [1.807, 2.05) is 0 Å². The number of ether oxygens (including phenoxy) is 6. The van der Waals surface area contributed by atoms with E-state index in [9.17, 15) is 45.3 Å². The summed E-state index contributed by atoms with van der Waals surface area (Å²) in [7, 11) is 0. The van der Waals surface area contributed by atoms with E-state index in [-0.39, 0.29) is 26.1 Å². The van der Waals surface area contributed by atoms with Crippen molar-refractivity contribution in [1.82, 2.24) is 0 Å². The average molecular weight is 781 g/mol. The number of hydrogen-bond acceptors (Lipinski definition) is 15. The molecule has 0 aromatic rings. The van der Waals surface area contributed by atoms with E-state index in [1.165, 1.54) is 57.8 Å². The largest absolute Gasteiger partial charge is 0.462 e. The maximum Gasteiger partial charge on any atom is 0.306 e. The van der Waals surface area contributed by atoms with Crippen LogP contribution in [0.3, 0.4) is 0 Å². The zero-order chi connectivity index (χ0) is 39.7. The lowest BCUT2D eigenvalue weighted by molar-refractivity contribution is -0.332. The summed E-state index contributed by atoms with van der Waals surface area (Å²) in [6.07, 6.45) is 3.31. The highest BCUT2D eigenvalue weighted by Crippen LogP contribution is 2.26. The lowest BCUT2D eigenvalue weighted by Crippen LogP contribution is -2.61. The monoisotopic (exact) mass is 780 g/mol. The van der Waals surface area contributed by atoms with Gasteiger partial charge in [0.1, 0.15) is 55.4 Å². The molecule has 2 fully saturated rings. The van der Waals surface area contributed by atoms with Crippen LogP contribution >= 0.6 is 0 Å². The van der Waals surface area contributed by atoms with Crippen molar-refractivity contribution in [2.45, 2.75) is 210 Å². The van der Waals surface area contributed by atoms with E-state index < -0.39 is 92.7 Å². The van der Waals surface area contributed by atoms with Crippen molar-refractivity contribution in [3.8, 4) is 0 Å². The summed E-state index contributed by atoms with van der Waals surface area (Å²) in [5.74, 6) is -0.929.